The maximum atomic E-state index is 11.1. The number of rotatable bonds is 6. The Labute approximate surface area is 122 Å². The van der Waals surface area contributed by atoms with Crippen LogP contribution in [0.15, 0.2) is 24.5 Å². The SMILES string of the molecule is CC(C)CC1(C(O)C(CN)c2ccncc2)CCCC1. The van der Waals surface area contributed by atoms with Gasteiger partial charge in [-0.05, 0) is 48.3 Å². The van der Waals surface area contributed by atoms with Crippen molar-refractivity contribution >= 4 is 0 Å². The number of hydrogen-bond acceptors (Lipinski definition) is 3. The van der Waals surface area contributed by atoms with Gasteiger partial charge in [-0.25, -0.2) is 0 Å². The number of nitrogens with zero attached hydrogens (tertiary/aromatic N) is 1. The predicted octanol–water partition coefficient (Wildman–Crippen LogP) is 3.09. The molecule has 1 fully saturated rings. The number of aromatic nitrogens is 1. The van der Waals surface area contributed by atoms with Crippen molar-refractivity contribution < 1.29 is 5.11 Å². The summed E-state index contributed by atoms with van der Waals surface area (Å²) in [6, 6.07) is 3.97. The average molecular weight is 276 g/mol. The zero-order valence-corrected chi connectivity index (χ0v) is 12.8. The molecule has 3 N–H and O–H groups in total. The molecule has 3 heteroatoms. The van der Waals surface area contributed by atoms with Crippen LogP contribution >= 0.6 is 0 Å². The van der Waals surface area contributed by atoms with Gasteiger partial charge < -0.3 is 10.8 Å². The molecule has 1 aliphatic rings. The minimum atomic E-state index is -0.347. The molecular weight excluding hydrogens is 248 g/mol. The highest BCUT2D eigenvalue weighted by Crippen LogP contribution is 2.49. The maximum Gasteiger partial charge on any atom is 0.0677 e. The fourth-order valence-electron chi connectivity index (χ4n) is 4.00. The third-order valence-electron chi connectivity index (χ3n) is 4.81. The van der Waals surface area contributed by atoms with Crippen molar-refractivity contribution in [3.8, 4) is 0 Å². The first-order valence-electron chi connectivity index (χ1n) is 7.87. The van der Waals surface area contributed by atoms with Gasteiger partial charge >= 0.3 is 0 Å². The third kappa shape index (κ3) is 3.21. The van der Waals surface area contributed by atoms with Crippen LogP contribution in [0.1, 0.15) is 57.4 Å². The smallest absolute Gasteiger partial charge is 0.0677 e. The largest absolute Gasteiger partial charge is 0.392 e. The lowest BCUT2D eigenvalue weighted by Crippen LogP contribution is -2.41. The Morgan fingerprint density at radius 3 is 2.35 bits per heavy atom. The van der Waals surface area contributed by atoms with Crippen molar-refractivity contribution in [1.82, 2.24) is 4.98 Å². The van der Waals surface area contributed by atoms with E-state index in [1.165, 1.54) is 12.8 Å². The van der Waals surface area contributed by atoms with Crippen LogP contribution in [0.2, 0.25) is 0 Å². The van der Waals surface area contributed by atoms with E-state index >= 15 is 0 Å². The van der Waals surface area contributed by atoms with Crippen LogP contribution in [0.25, 0.3) is 0 Å². The van der Waals surface area contributed by atoms with Gasteiger partial charge in [0, 0.05) is 24.9 Å². The van der Waals surface area contributed by atoms with Crippen LogP contribution in [-0.4, -0.2) is 22.7 Å². The summed E-state index contributed by atoms with van der Waals surface area (Å²) in [5.74, 6) is 0.633. The van der Waals surface area contributed by atoms with E-state index in [9.17, 15) is 5.11 Å². The molecule has 0 spiro atoms. The van der Waals surface area contributed by atoms with Crippen LogP contribution in [0.3, 0.4) is 0 Å². The van der Waals surface area contributed by atoms with E-state index < -0.39 is 0 Å². The van der Waals surface area contributed by atoms with Crippen molar-refractivity contribution in [1.29, 1.82) is 0 Å². The monoisotopic (exact) mass is 276 g/mol. The molecule has 1 saturated carbocycles. The van der Waals surface area contributed by atoms with Crippen molar-refractivity contribution in [2.24, 2.45) is 17.1 Å². The standard InChI is InChI=1S/C17H28N2O/c1-13(2)11-17(7-3-4-8-17)16(20)15(12-18)14-5-9-19-10-6-14/h5-6,9-10,13,15-16,20H,3-4,7-8,11-12,18H2,1-2H3. The molecule has 0 aliphatic heterocycles. The van der Waals surface area contributed by atoms with E-state index in [0.717, 1.165) is 24.8 Å². The van der Waals surface area contributed by atoms with Crippen molar-refractivity contribution in [3.05, 3.63) is 30.1 Å². The summed E-state index contributed by atoms with van der Waals surface area (Å²) in [7, 11) is 0. The van der Waals surface area contributed by atoms with Crippen LogP contribution in [0, 0.1) is 11.3 Å². The molecule has 20 heavy (non-hydrogen) atoms. The molecular formula is C17H28N2O. The molecule has 0 bridgehead atoms. The molecule has 1 aromatic heterocycles. The third-order valence-corrected chi connectivity index (χ3v) is 4.81. The molecule has 0 aromatic carbocycles. The van der Waals surface area contributed by atoms with Gasteiger partial charge in [0.05, 0.1) is 6.10 Å². The molecule has 2 rings (SSSR count). The van der Waals surface area contributed by atoms with E-state index in [1.807, 2.05) is 12.1 Å². The second-order valence-corrected chi connectivity index (χ2v) is 6.74. The van der Waals surface area contributed by atoms with E-state index in [1.54, 1.807) is 12.4 Å². The van der Waals surface area contributed by atoms with Gasteiger partial charge in [-0.15, -0.1) is 0 Å². The summed E-state index contributed by atoms with van der Waals surface area (Å²) in [6.07, 6.45) is 9.05. The first kappa shape index (κ1) is 15.5. The predicted molar refractivity (Wildman–Crippen MR) is 82.4 cm³/mol. The van der Waals surface area contributed by atoms with E-state index in [0.29, 0.717) is 12.5 Å². The van der Waals surface area contributed by atoms with Crippen molar-refractivity contribution in [2.45, 2.75) is 58.0 Å². The number of aliphatic hydroxyl groups excluding tert-OH is 1. The Bertz CT molecular complexity index is 399. The Balaban J connectivity index is 2.23. The first-order valence-corrected chi connectivity index (χ1v) is 7.87. The highest BCUT2D eigenvalue weighted by Gasteiger charge is 2.44. The Kier molecular flexibility index (Phi) is 5.17. The molecule has 0 saturated heterocycles. The molecule has 2 unspecified atom stereocenters. The minimum absolute atomic E-state index is 0.0230. The molecule has 112 valence electrons. The highest BCUT2D eigenvalue weighted by atomic mass is 16.3. The van der Waals surface area contributed by atoms with Gasteiger partial charge in [0.2, 0.25) is 0 Å². The summed E-state index contributed by atoms with van der Waals surface area (Å²) in [4.78, 5) is 4.06. The summed E-state index contributed by atoms with van der Waals surface area (Å²) >= 11 is 0. The summed E-state index contributed by atoms with van der Waals surface area (Å²) in [5.41, 5.74) is 7.16. The maximum absolute atomic E-state index is 11.1. The zero-order valence-electron chi connectivity index (χ0n) is 12.8. The minimum Gasteiger partial charge on any atom is -0.392 e. The molecule has 0 amide bonds. The number of nitrogens with two attached hydrogens (primary N) is 1. The van der Waals surface area contributed by atoms with Gasteiger partial charge in [0.25, 0.3) is 0 Å². The summed E-state index contributed by atoms with van der Waals surface area (Å²) < 4.78 is 0. The van der Waals surface area contributed by atoms with Gasteiger partial charge in [-0.3, -0.25) is 4.98 Å². The molecule has 1 heterocycles. The van der Waals surface area contributed by atoms with Gasteiger partial charge in [0.15, 0.2) is 0 Å². The van der Waals surface area contributed by atoms with Crippen LogP contribution in [0.4, 0.5) is 0 Å². The lowest BCUT2D eigenvalue weighted by Gasteiger charge is -2.40. The second-order valence-electron chi connectivity index (χ2n) is 6.74. The van der Waals surface area contributed by atoms with Gasteiger partial charge in [0.1, 0.15) is 0 Å². The molecule has 2 atom stereocenters. The van der Waals surface area contributed by atoms with Gasteiger partial charge in [-0.1, -0.05) is 26.7 Å². The molecule has 1 aliphatic carbocycles. The van der Waals surface area contributed by atoms with E-state index in [-0.39, 0.29) is 17.4 Å². The molecule has 0 radical (unpaired) electrons. The fraction of sp³-hybridized carbons (Fsp3) is 0.706. The number of aliphatic hydroxyl groups is 1. The number of hydrogen-bond donors (Lipinski definition) is 2. The quantitative estimate of drug-likeness (QED) is 0.839. The van der Waals surface area contributed by atoms with Crippen LogP contribution in [0.5, 0.6) is 0 Å². The Morgan fingerprint density at radius 2 is 1.85 bits per heavy atom. The fourth-order valence-corrected chi connectivity index (χ4v) is 4.00. The first-order chi connectivity index (χ1) is 9.59. The highest BCUT2D eigenvalue weighted by molar-refractivity contribution is 5.19. The normalized spacial score (nSPS) is 21.1. The molecule has 3 nitrogen and oxygen atoms in total. The van der Waals surface area contributed by atoms with Gasteiger partial charge in [-0.2, -0.15) is 0 Å². The van der Waals surface area contributed by atoms with Crippen molar-refractivity contribution in [3.63, 3.8) is 0 Å². The lowest BCUT2D eigenvalue weighted by atomic mass is 9.69. The molecule has 1 aromatic rings. The Hall–Kier alpha value is -0.930. The van der Waals surface area contributed by atoms with E-state index in [4.69, 9.17) is 5.73 Å². The number of pyridine rings is 1. The topological polar surface area (TPSA) is 59.1 Å². The van der Waals surface area contributed by atoms with Crippen molar-refractivity contribution in [2.75, 3.05) is 6.54 Å². The second kappa shape index (κ2) is 6.68. The Morgan fingerprint density at radius 1 is 1.25 bits per heavy atom. The van der Waals surface area contributed by atoms with Crippen LogP contribution < -0.4 is 5.73 Å². The summed E-state index contributed by atoms with van der Waals surface area (Å²) in [5, 5.41) is 11.1. The average Bonchev–Trinajstić information content (AvgIpc) is 2.89. The summed E-state index contributed by atoms with van der Waals surface area (Å²) in [6.45, 7) is 4.98. The van der Waals surface area contributed by atoms with Crippen LogP contribution in [-0.2, 0) is 0 Å². The zero-order chi connectivity index (χ0) is 14.6. The van der Waals surface area contributed by atoms with E-state index in [2.05, 4.69) is 18.8 Å². The lowest BCUT2D eigenvalue weighted by molar-refractivity contribution is -0.00505.